The van der Waals surface area contributed by atoms with E-state index in [1.165, 1.54) is 19.3 Å². The molecule has 0 saturated carbocycles. The van der Waals surface area contributed by atoms with E-state index in [1.54, 1.807) is 0 Å². The van der Waals surface area contributed by atoms with Crippen LogP contribution in [0.2, 0.25) is 0 Å². The van der Waals surface area contributed by atoms with Crippen molar-refractivity contribution in [1.29, 1.82) is 0 Å². The van der Waals surface area contributed by atoms with E-state index in [0.29, 0.717) is 25.7 Å². The minimum absolute atomic E-state index is 0. The van der Waals surface area contributed by atoms with Crippen LogP contribution in [0.4, 0.5) is 0 Å². The standard InChI is InChI=1S/C18H38O4S.K/c1-3-5-7-9-11-13-17(19)15-16-18(23(20,21)22)14-12-10-8-6-4-2;/h17-19H,3-16H2,1-2H3,(H,20,21,22);/q;+1/p-1. The van der Waals surface area contributed by atoms with Gasteiger partial charge in [-0.3, -0.25) is 0 Å². The zero-order valence-electron chi connectivity index (χ0n) is 16.1. The minimum atomic E-state index is -4.25. The molecule has 0 aromatic rings. The number of aliphatic hydroxyl groups excluding tert-OH is 1. The minimum Gasteiger partial charge on any atom is -0.748 e. The van der Waals surface area contributed by atoms with Crippen LogP contribution in [0.1, 0.15) is 104 Å². The molecule has 0 aliphatic rings. The summed E-state index contributed by atoms with van der Waals surface area (Å²) in [4.78, 5) is 0. The molecule has 140 valence electrons. The molecule has 0 bridgehead atoms. The van der Waals surface area contributed by atoms with Gasteiger partial charge in [-0.05, 0) is 25.7 Å². The second-order valence-electron chi connectivity index (χ2n) is 6.75. The Morgan fingerprint density at radius 3 is 1.67 bits per heavy atom. The Kier molecular flexibility index (Phi) is 20.7. The number of hydrogen-bond donors (Lipinski definition) is 1. The van der Waals surface area contributed by atoms with Crippen molar-refractivity contribution < 1.29 is 69.5 Å². The fourth-order valence-corrected chi connectivity index (χ4v) is 3.79. The molecule has 2 atom stereocenters. The van der Waals surface area contributed by atoms with Gasteiger partial charge in [0.25, 0.3) is 0 Å². The Morgan fingerprint density at radius 2 is 1.21 bits per heavy atom. The van der Waals surface area contributed by atoms with E-state index in [1.807, 2.05) is 0 Å². The molecule has 0 saturated heterocycles. The Morgan fingerprint density at radius 1 is 0.750 bits per heavy atom. The summed E-state index contributed by atoms with van der Waals surface area (Å²) in [6, 6.07) is 0. The first kappa shape index (κ1) is 27.7. The van der Waals surface area contributed by atoms with Crippen molar-refractivity contribution in [3.63, 3.8) is 0 Å². The molecule has 0 aromatic carbocycles. The maximum Gasteiger partial charge on any atom is 1.00 e. The largest absolute Gasteiger partial charge is 1.00 e. The van der Waals surface area contributed by atoms with E-state index >= 15 is 0 Å². The van der Waals surface area contributed by atoms with E-state index in [9.17, 15) is 18.1 Å². The summed E-state index contributed by atoms with van der Waals surface area (Å²) in [6.07, 6.45) is 12.3. The van der Waals surface area contributed by atoms with Crippen LogP contribution in [0.3, 0.4) is 0 Å². The normalized spacial score (nSPS) is 14.2. The van der Waals surface area contributed by atoms with Crippen LogP contribution in [0, 0.1) is 0 Å². The maximum atomic E-state index is 11.4. The van der Waals surface area contributed by atoms with Crippen molar-refractivity contribution in [3.05, 3.63) is 0 Å². The van der Waals surface area contributed by atoms with Crippen LogP contribution < -0.4 is 51.4 Å². The number of unbranched alkanes of at least 4 members (excludes halogenated alkanes) is 8. The van der Waals surface area contributed by atoms with Gasteiger partial charge in [0, 0.05) is 5.25 Å². The molecular weight excluding hydrogens is 351 g/mol. The van der Waals surface area contributed by atoms with E-state index in [4.69, 9.17) is 0 Å². The summed E-state index contributed by atoms with van der Waals surface area (Å²) in [7, 11) is -4.25. The Labute approximate surface area is 192 Å². The summed E-state index contributed by atoms with van der Waals surface area (Å²) in [6.45, 7) is 4.30. The van der Waals surface area contributed by atoms with Crippen LogP contribution in [0.5, 0.6) is 0 Å². The third-order valence-electron chi connectivity index (χ3n) is 4.50. The zero-order valence-corrected chi connectivity index (χ0v) is 20.1. The first-order valence-corrected chi connectivity index (χ1v) is 11.0. The van der Waals surface area contributed by atoms with E-state index in [0.717, 1.165) is 44.9 Å². The molecule has 0 aliphatic heterocycles. The van der Waals surface area contributed by atoms with Crippen molar-refractivity contribution in [3.8, 4) is 0 Å². The predicted octanol–water partition coefficient (Wildman–Crippen LogP) is 1.77. The molecule has 0 amide bonds. The molecule has 0 spiro atoms. The molecular formula is C18H37KO4S. The van der Waals surface area contributed by atoms with Gasteiger partial charge < -0.3 is 9.66 Å². The topological polar surface area (TPSA) is 77.4 Å². The molecule has 2 unspecified atom stereocenters. The summed E-state index contributed by atoms with van der Waals surface area (Å²) >= 11 is 0. The average Bonchev–Trinajstić information content (AvgIpc) is 2.48. The molecule has 6 heteroatoms. The Balaban J connectivity index is 0. The second-order valence-corrected chi connectivity index (χ2v) is 8.40. The molecule has 0 radical (unpaired) electrons. The van der Waals surface area contributed by atoms with E-state index in [2.05, 4.69) is 13.8 Å². The van der Waals surface area contributed by atoms with Gasteiger partial charge in [-0.15, -0.1) is 0 Å². The van der Waals surface area contributed by atoms with Crippen molar-refractivity contribution in [2.24, 2.45) is 0 Å². The predicted molar refractivity (Wildman–Crippen MR) is 95.5 cm³/mol. The molecule has 0 aliphatic carbocycles. The third kappa shape index (κ3) is 16.9. The van der Waals surface area contributed by atoms with Crippen molar-refractivity contribution in [2.45, 2.75) is 115 Å². The van der Waals surface area contributed by atoms with Crippen molar-refractivity contribution >= 4 is 10.1 Å². The van der Waals surface area contributed by atoms with Crippen LogP contribution in [0.15, 0.2) is 0 Å². The van der Waals surface area contributed by atoms with E-state index < -0.39 is 21.5 Å². The van der Waals surface area contributed by atoms with Gasteiger partial charge in [-0.2, -0.15) is 0 Å². The average molecular weight is 389 g/mol. The van der Waals surface area contributed by atoms with E-state index in [-0.39, 0.29) is 51.4 Å². The quantitative estimate of drug-likeness (QED) is 0.248. The van der Waals surface area contributed by atoms with Crippen molar-refractivity contribution in [2.75, 3.05) is 0 Å². The van der Waals surface area contributed by atoms with Gasteiger partial charge in [0.05, 0.1) is 16.2 Å². The fraction of sp³-hybridized carbons (Fsp3) is 1.00. The molecule has 1 N–H and O–H groups in total. The molecule has 24 heavy (non-hydrogen) atoms. The molecule has 4 nitrogen and oxygen atoms in total. The Bertz CT molecular complexity index is 360. The molecule has 0 rings (SSSR count). The summed E-state index contributed by atoms with van der Waals surface area (Å²) < 4.78 is 34.1. The Hall–Kier alpha value is 1.51. The van der Waals surface area contributed by atoms with Crippen LogP contribution in [0.25, 0.3) is 0 Å². The first-order valence-electron chi connectivity index (χ1n) is 9.54. The van der Waals surface area contributed by atoms with Gasteiger partial charge in [-0.1, -0.05) is 78.1 Å². The third-order valence-corrected chi connectivity index (χ3v) is 5.79. The summed E-state index contributed by atoms with van der Waals surface area (Å²) in [5.41, 5.74) is 0. The van der Waals surface area contributed by atoms with Crippen LogP contribution in [-0.2, 0) is 10.1 Å². The van der Waals surface area contributed by atoms with Crippen LogP contribution >= 0.6 is 0 Å². The van der Waals surface area contributed by atoms with Crippen molar-refractivity contribution in [1.82, 2.24) is 0 Å². The number of hydrogen-bond acceptors (Lipinski definition) is 4. The van der Waals surface area contributed by atoms with Gasteiger partial charge in [0.2, 0.25) is 0 Å². The zero-order chi connectivity index (χ0) is 17.6. The monoisotopic (exact) mass is 388 g/mol. The molecule has 0 heterocycles. The fourth-order valence-electron chi connectivity index (χ4n) is 2.91. The first-order chi connectivity index (χ1) is 10.9. The van der Waals surface area contributed by atoms with Gasteiger partial charge in [0.15, 0.2) is 0 Å². The van der Waals surface area contributed by atoms with Gasteiger partial charge in [-0.25, -0.2) is 8.42 Å². The summed E-state index contributed by atoms with van der Waals surface area (Å²) in [5.74, 6) is 0. The molecule has 0 fully saturated rings. The van der Waals surface area contributed by atoms with Gasteiger partial charge in [0.1, 0.15) is 0 Å². The second kappa shape index (κ2) is 17.9. The number of rotatable bonds is 16. The molecule has 0 aromatic heterocycles. The smallest absolute Gasteiger partial charge is 0.748 e. The summed E-state index contributed by atoms with van der Waals surface area (Å²) in [5, 5.41) is 9.14. The maximum absolute atomic E-state index is 11.4. The van der Waals surface area contributed by atoms with Gasteiger partial charge >= 0.3 is 51.4 Å². The SMILES string of the molecule is CCCCCCCC(O)CCC(CCCCCCC)S(=O)(=O)[O-].[K+]. The van der Waals surface area contributed by atoms with Crippen LogP contribution in [-0.4, -0.2) is 29.4 Å². The number of aliphatic hydroxyl groups is 1.